The monoisotopic (exact) mass is 252 g/mol. The Morgan fingerprint density at radius 3 is 2.56 bits per heavy atom. The third-order valence-electron chi connectivity index (χ3n) is 2.59. The topological polar surface area (TPSA) is 114 Å². The minimum atomic E-state index is -0.544. The zero-order chi connectivity index (χ0) is 13.4. The van der Waals surface area contributed by atoms with Crippen LogP contribution in [0.15, 0.2) is 12.3 Å². The molecule has 0 saturated heterocycles. The lowest BCUT2D eigenvalue weighted by Crippen LogP contribution is -2.12. The number of H-pyrrole nitrogens is 1. The van der Waals surface area contributed by atoms with Crippen LogP contribution in [0.3, 0.4) is 0 Å². The van der Waals surface area contributed by atoms with Crippen LogP contribution < -0.4 is 16.8 Å². The maximum atomic E-state index is 11.6. The number of carbonyl (C=O) groups excluding carboxylic acids is 2. The maximum Gasteiger partial charge on any atom is 0.265 e. The molecule has 0 aromatic carbocycles. The predicted octanol–water partition coefficient (Wildman–Crippen LogP) is 0.961. The standard InChI is InChI=1S/C12H20N4O2/c13-6-4-2-1-3-5-11(17)16-9-7-10(12(14)18)15-8-9/h7-8,15H,1-6,13H2,(H2,14,18)(H,16,17). The highest BCUT2D eigenvalue weighted by molar-refractivity contribution is 5.95. The van der Waals surface area contributed by atoms with Gasteiger partial charge in [-0.3, -0.25) is 9.59 Å². The van der Waals surface area contributed by atoms with Crippen molar-refractivity contribution in [1.29, 1.82) is 0 Å². The minimum Gasteiger partial charge on any atom is -0.364 e. The number of hydrogen-bond donors (Lipinski definition) is 4. The number of primary amides is 1. The Labute approximate surface area is 106 Å². The van der Waals surface area contributed by atoms with E-state index in [2.05, 4.69) is 10.3 Å². The van der Waals surface area contributed by atoms with Crippen molar-refractivity contribution in [2.45, 2.75) is 32.1 Å². The number of nitrogens with two attached hydrogens (primary N) is 2. The van der Waals surface area contributed by atoms with Gasteiger partial charge in [0.25, 0.3) is 5.91 Å². The molecule has 6 N–H and O–H groups in total. The Balaban J connectivity index is 2.24. The summed E-state index contributed by atoms with van der Waals surface area (Å²) in [6.45, 7) is 0.700. The Morgan fingerprint density at radius 1 is 1.22 bits per heavy atom. The lowest BCUT2D eigenvalue weighted by Gasteiger charge is -2.02. The summed E-state index contributed by atoms with van der Waals surface area (Å²) in [5, 5.41) is 2.71. The minimum absolute atomic E-state index is 0.0576. The number of unbranched alkanes of at least 4 members (excludes halogenated alkanes) is 3. The molecule has 0 aliphatic carbocycles. The molecule has 0 spiro atoms. The fourth-order valence-corrected chi connectivity index (χ4v) is 1.62. The summed E-state index contributed by atoms with van der Waals surface area (Å²) in [5.74, 6) is -0.602. The van der Waals surface area contributed by atoms with Gasteiger partial charge in [0.1, 0.15) is 5.69 Å². The van der Waals surface area contributed by atoms with Gasteiger partial charge in [-0.15, -0.1) is 0 Å². The first-order valence-corrected chi connectivity index (χ1v) is 6.11. The number of amides is 2. The first-order chi connectivity index (χ1) is 8.63. The van der Waals surface area contributed by atoms with Crippen molar-refractivity contribution in [3.05, 3.63) is 18.0 Å². The number of carbonyl (C=O) groups is 2. The largest absolute Gasteiger partial charge is 0.364 e. The smallest absolute Gasteiger partial charge is 0.265 e. The number of rotatable bonds is 8. The van der Waals surface area contributed by atoms with E-state index in [0.717, 1.165) is 25.7 Å². The van der Waals surface area contributed by atoms with Gasteiger partial charge >= 0.3 is 0 Å². The first-order valence-electron chi connectivity index (χ1n) is 6.11. The SMILES string of the molecule is NCCCCCCC(=O)Nc1c[nH]c(C(N)=O)c1. The molecule has 100 valence electrons. The number of hydrogen-bond acceptors (Lipinski definition) is 3. The zero-order valence-electron chi connectivity index (χ0n) is 10.4. The summed E-state index contributed by atoms with van der Waals surface area (Å²) < 4.78 is 0. The fraction of sp³-hybridized carbons (Fsp3) is 0.500. The van der Waals surface area contributed by atoms with Gasteiger partial charge in [0, 0.05) is 12.6 Å². The van der Waals surface area contributed by atoms with Crippen molar-refractivity contribution in [2.75, 3.05) is 11.9 Å². The molecule has 0 unspecified atom stereocenters. The Bertz CT molecular complexity index is 401. The van der Waals surface area contributed by atoms with Crippen LogP contribution in [0.4, 0.5) is 5.69 Å². The van der Waals surface area contributed by atoms with Gasteiger partial charge in [-0.1, -0.05) is 12.8 Å². The van der Waals surface area contributed by atoms with Crippen LogP contribution in [-0.4, -0.2) is 23.3 Å². The molecule has 18 heavy (non-hydrogen) atoms. The van der Waals surface area contributed by atoms with E-state index in [0.29, 0.717) is 18.7 Å². The predicted molar refractivity (Wildman–Crippen MR) is 70.1 cm³/mol. The molecule has 0 saturated carbocycles. The molecule has 1 aromatic rings. The Kier molecular flexibility index (Phi) is 5.93. The van der Waals surface area contributed by atoms with Gasteiger partial charge in [-0.2, -0.15) is 0 Å². The second kappa shape index (κ2) is 7.50. The molecule has 0 radical (unpaired) electrons. The summed E-state index contributed by atoms with van der Waals surface area (Å²) in [5.41, 5.74) is 11.3. The summed E-state index contributed by atoms with van der Waals surface area (Å²) in [4.78, 5) is 25.1. The molecule has 0 atom stereocenters. The summed E-state index contributed by atoms with van der Waals surface area (Å²) in [7, 11) is 0. The van der Waals surface area contributed by atoms with Crippen molar-refractivity contribution in [1.82, 2.24) is 4.98 Å². The van der Waals surface area contributed by atoms with Crippen LogP contribution in [0, 0.1) is 0 Å². The highest BCUT2D eigenvalue weighted by Gasteiger charge is 2.06. The number of anilines is 1. The Morgan fingerprint density at radius 2 is 1.94 bits per heavy atom. The molecule has 0 aliphatic rings. The second-order valence-electron chi connectivity index (χ2n) is 4.17. The van der Waals surface area contributed by atoms with Gasteiger partial charge in [0.15, 0.2) is 0 Å². The average molecular weight is 252 g/mol. The third-order valence-corrected chi connectivity index (χ3v) is 2.59. The quantitative estimate of drug-likeness (QED) is 0.516. The number of aromatic amines is 1. The van der Waals surface area contributed by atoms with Crippen LogP contribution in [0.2, 0.25) is 0 Å². The lowest BCUT2D eigenvalue weighted by atomic mass is 10.1. The van der Waals surface area contributed by atoms with Crippen molar-refractivity contribution >= 4 is 17.5 Å². The normalized spacial score (nSPS) is 10.3. The molecule has 1 aromatic heterocycles. The summed E-state index contributed by atoms with van der Waals surface area (Å²) in [6, 6.07) is 1.52. The van der Waals surface area contributed by atoms with Crippen molar-refractivity contribution in [3.63, 3.8) is 0 Å². The molecule has 0 bridgehead atoms. The van der Waals surface area contributed by atoms with Crippen LogP contribution in [0.1, 0.15) is 42.6 Å². The molecular weight excluding hydrogens is 232 g/mol. The van der Waals surface area contributed by atoms with Gasteiger partial charge in [0.2, 0.25) is 5.91 Å². The molecule has 1 heterocycles. The summed E-state index contributed by atoms with van der Waals surface area (Å²) >= 11 is 0. The molecule has 6 nitrogen and oxygen atoms in total. The van der Waals surface area contributed by atoms with E-state index < -0.39 is 5.91 Å². The van der Waals surface area contributed by atoms with Crippen LogP contribution in [0.25, 0.3) is 0 Å². The second-order valence-corrected chi connectivity index (χ2v) is 4.17. The average Bonchev–Trinajstić information content (AvgIpc) is 2.77. The van der Waals surface area contributed by atoms with Gasteiger partial charge < -0.3 is 21.8 Å². The van der Waals surface area contributed by atoms with E-state index in [1.165, 1.54) is 6.07 Å². The van der Waals surface area contributed by atoms with Crippen LogP contribution >= 0.6 is 0 Å². The fourth-order valence-electron chi connectivity index (χ4n) is 1.62. The van der Waals surface area contributed by atoms with Gasteiger partial charge in [0.05, 0.1) is 5.69 Å². The van der Waals surface area contributed by atoms with E-state index >= 15 is 0 Å². The molecule has 1 rings (SSSR count). The maximum absolute atomic E-state index is 11.6. The number of nitrogens with one attached hydrogen (secondary N) is 2. The molecule has 2 amide bonds. The summed E-state index contributed by atoms with van der Waals surface area (Å²) in [6.07, 6.45) is 5.93. The lowest BCUT2D eigenvalue weighted by molar-refractivity contribution is -0.116. The molecule has 6 heteroatoms. The van der Waals surface area contributed by atoms with Gasteiger partial charge in [-0.25, -0.2) is 0 Å². The van der Waals surface area contributed by atoms with Crippen LogP contribution in [-0.2, 0) is 4.79 Å². The highest BCUT2D eigenvalue weighted by atomic mass is 16.2. The zero-order valence-corrected chi connectivity index (χ0v) is 10.4. The molecular formula is C12H20N4O2. The Hall–Kier alpha value is -1.82. The molecule has 0 fully saturated rings. The highest BCUT2D eigenvalue weighted by Crippen LogP contribution is 2.10. The number of aromatic nitrogens is 1. The van der Waals surface area contributed by atoms with Crippen molar-refractivity contribution in [3.8, 4) is 0 Å². The van der Waals surface area contributed by atoms with Crippen LogP contribution in [0.5, 0.6) is 0 Å². The van der Waals surface area contributed by atoms with Crippen molar-refractivity contribution < 1.29 is 9.59 Å². The van der Waals surface area contributed by atoms with E-state index in [9.17, 15) is 9.59 Å². The van der Waals surface area contributed by atoms with E-state index in [1.54, 1.807) is 6.20 Å². The van der Waals surface area contributed by atoms with Gasteiger partial charge in [-0.05, 0) is 25.5 Å². The van der Waals surface area contributed by atoms with Crippen molar-refractivity contribution in [2.24, 2.45) is 11.5 Å². The molecule has 0 aliphatic heterocycles. The van der Waals surface area contributed by atoms with E-state index in [1.807, 2.05) is 0 Å². The third kappa shape index (κ3) is 5.01. The van der Waals surface area contributed by atoms with E-state index in [4.69, 9.17) is 11.5 Å². The van der Waals surface area contributed by atoms with E-state index in [-0.39, 0.29) is 11.6 Å². The first kappa shape index (κ1) is 14.2.